The molecule has 1 N–H and O–H groups in total. The minimum Gasteiger partial charge on any atom is -0.347 e. The number of rotatable bonds is 6. The van der Waals surface area contributed by atoms with Crippen LogP contribution in [0.5, 0.6) is 0 Å². The molecule has 7 nitrogen and oxygen atoms in total. The largest absolute Gasteiger partial charge is 0.347 e. The van der Waals surface area contributed by atoms with Crippen molar-refractivity contribution in [2.24, 2.45) is 7.05 Å². The van der Waals surface area contributed by atoms with Gasteiger partial charge in [0, 0.05) is 24.5 Å². The van der Waals surface area contributed by atoms with Gasteiger partial charge in [0.1, 0.15) is 17.1 Å². The summed E-state index contributed by atoms with van der Waals surface area (Å²) < 4.78 is 21.2. The number of aromatic nitrogens is 4. The molecule has 1 unspecified atom stereocenters. The Labute approximate surface area is 207 Å². The van der Waals surface area contributed by atoms with Crippen LogP contribution in [0.15, 0.2) is 83.5 Å². The normalized spacial score (nSPS) is 11.9. The Morgan fingerprint density at radius 3 is 2.47 bits per heavy atom. The van der Waals surface area contributed by atoms with E-state index in [1.807, 2.05) is 74.0 Å². The molecule has 0 saturated carbocycles. The van der Waals surface area contributed by atoms with Crippen molar-refractivity contribution in [3.63, 3.8) is 0 Å². The number of aryl methyl sites for hydroxylation is 1. The van der Waals surface area contributed by atoms with Crippen LogP contribution in [-0.4, -0.2) is 25.6 Å². The number of hydrogen-bond acceptors (Lipinski definition) is 5. The summed E-state index contributed by atoms with van der Waals surface area (Å²) in [4.78, 5) is 22.4. The molecule has 0 radical (unpaired) electrons. The van der Waals surface area contributed by atoms with Gasteiger partial charge in [0.2, 0.25) is 11.8 Å². The minimum atomic E-state index is -0.433. The molecule has 1 amide bonds. The Balaban J connectivity index is 1.59. The number of amides is 1. The number of nitrogens with zero attached hydrogens (tertiary/aromatic N) is 4. The molecule has 0 fully saturated rings. The first kappa shape index (κ1) is 23.2. The van der Waals surface area contributed by atoms with Crippen LogP contribution in [0.1, 0.15) is 24.1 Å². The van der Waals surface area contributed by atoms with Crippen molar-refractivity contribution >= 4 is 11.8 Å². The second kappa shape index (κ2) is 9.58. The van der Waals surface area contributed by atoms with Crippen LogP contribution in [0.2, 0.25) is 0 Å². The molecule has 5 rings (SSSR count). The van der Waals surface area contributed by atoms with Crippen molar-refractivity contribution in [1.82, 2.24) is 19.7 Å². The fraction of sp³-hybridized carbons (Fsp3) is 0.143. The van der Waals surface area contributed by atoms with Gasteiger partial charge in [0.05, 0.1) is 17.3 Å². The smallest absolute Gasteiger partial charge is 0.243 e. The van der Waals surface area contributed by atoms with Gasteiger partial charge in [0.25, 0.3) is 0 Å². The van der Waals surface area contributed by atoms with Crippen molar-refractivity contribution in [2.45, 2.75) is 19.8 Å². The first-order valence-electron chi connectivity index (χ1n) is 11.5. The van der Waals surface area contributed by atoms with E-state index in [1.165, 1.54) is 12.1 Å². The molecule has 0 bridgehead atoms. The molecule has 2 aromatic carbocycles. The molecule has 3 aromatic heterocycles. The molecule has 1 atom stereocenters. The lowest BCUT2D eigenvalue weighted by Crippen LogP contribution is -2.19. The molecule has 0 aliphatic heterocycles. The van der Waals surface area contributed by atoms with Gasteiger partial charge in [-0.1, -0.05) is 35.5 Å². The highest BCUT2D eigenvalue weighted by molar-refractivity contribution is 5.99. The van der Waals surface area contributed by atoms with E-state index in [2.05, 4.69) is 15.5 Å². The number of anilines is 1. The molecule has 0 spiro atoms. The number of carbonyl (C=O) groups is 1. The third kappa shape index (κ3) is 4.40. The van der Waals surface area contributed by atoms with Gasteiger partial charge in [-0.05, 0) is 61.9 Å². The van der Waals surface area contributed by atoms with E-state index < -0.39 is 5.92 Å². The number of halogens is 1. The zero-order valence-electron chi connectivity index (χ0n) is 20.1. The maximum absolute atomic E-state index is 13.6. The Bertz CT molecular complexity index is 1520. The molecule has 36 heavy (non-hydrogen) atoms. The first-order chi connectivity index (χ1) is 17.4. The fourth-order valence-corrected chi connectivity index (χ4v) is 3.99. The molecule has 0 aliphatic carbocycles. The fourth-order valence-electron chi connectivity index (χ4n) is 3.99. The number of benzene rings is 2. The standard InChI is InChI=1S/C28H24FN5O2/c1-17-9-14-23(34(17)3)22-15-16-30-26(31-22)24-25(20-10-12-21(29)13-11-20)33-36-28(24)32-27(35)18(2)19-7-5-4-6-8-19/h4-16,18H,1-3H3,(H,32,35). The molecule has 8 heteroatoms. The number of carbonyl (C=O) groups excluding carboxylic acids is 1. The predicted molar refractivity (Wildman–Crippen MR) is 136 cm³/mol. The number of nitrogens with one attached hydrogen (secondary N) is 1. The minimum absolute atomic E-state index is 0.127. The van der Waals surface area contributed by atoms with Gasteiger partial charge in [0.15, 0.2) is 5.82 Å². The van der Waals surface area contributed by atoms with E-state index >= 15 is 0 Å². The topological polar surface area (TPSA) is 85.8 Å². The van der Waals surface area contributed by atoms with Crippen molar-refractivity contribution in [3.05, 3.63) is 96.1 Å². The second-order valence-electron chi connectivity index (χ2n) is 8.55. The highest BCUT2D eigenvalue weighted by atomic mass is 19.1. The molecular formula is C28H24FN5O2. The van der Waals surface area contributed by atoms with Crippen molar-refractivity contribution in [1.29, 1.82) is 0 Å². The quantitative estimate of drug-likeness (QED) is 0.322. The molecule has 5 aromatic rings. The van der Waals surface area contributed by atoms with E-state index in [0.29, 0.717) is 28.3 Å². The van der Waals surface area contributed by atoms with Gasteiger partial charge in [-0.25, -0.2) is 14.4 Å². The molecule has 0 saturated heterocycles. The monoisotopic (exact) mass is 481 g/mol. The second-order valence-corrected chi connectivity index (χ2v) is 8.55. The highest BCUT2D eigenvalue weighted by Crippen LogP contribution is 2.37. The van der Waals surface area contributed by atoms with Crippen LogP contribution in [0.4, 0.5) is 10.3 Å². The van der Waals surface area contributed by atoms with Crippen LogP contribution in [0, 0.1) is 12.7 Å². The van der Waals surface area contributed by atoms with Crippen LogP contribution >= 0.6 is 0 Å². The van der Waals surface area contributed by atoms with E-state index in [9.17, 15) is 9.18 Å². The van der Waals surface area contributed by atoms with Crippen LogP contribution < -0.4 is 5.32 Å². The van der Waals surface area contributed by atoms with Crippen molar-refractivity contribution in [3.8, 4) is 34.0 Å². The average molecular weight is 482 g/mol. The molecule has 0 aliphatic rings. The van der Waals surface area contributed by atoms with Gasteiger partial charge in [-0.3, -0.25) is 10.1 Å². The lowest BCUT2D eigenvalue weighted by atomic mass is 10.0. The van der Waals surface area contributed by atoms with Crippen molar-refractivity contribution < 1.29 is 13.7 Å². The van der Waals surface area contributed by atoms with Gasteiger partial charge in [-0.15, -0.1) is 0 Å². The summed E-state index contributed by atoms with van der Waals surface area (Å²) in [5.41, 5.74) is 5.00. The van der Waals surface area contributed by atoms with Crippen LogP contribution in [-0.2, 0) is 11.8 Å². The van der Waals surface area contributed by atoms with E-state index in [-0.39, 0.29) is 17.6 Å². The Kier molecular flexibility index (Phi) is 6.16. The number of hydrogen-bond donors (Lipinski definition) is 1. The zero-order valence-corrected chi connectivity index (χ0v) is 20.1. The predicted octanol–water partition coefficient (Wildman–Crippen LogP) is 5.99. The zero-order chi connectivity index (χ0) is 25.2. The summed E-state index contributed by atoms with van der Waals surface area (Å²) in [6.07, 6.45) is 1.65. The summed E-state index contributed by atoms with van der Waals surface area (Å²) in [6, 6.07) is 21.1. The van der Waals surface area contributed by atoms with Crippen LogP contribution in [0.3, 0.4) is 0 Å². The third-order valence-electron chi connectivity index (χ3n) is 6.25. The Hall–Kier alpha value is -4.59. The van der Waals surface area contributed by atoms with Crippen LogP contribution in [0.25, 0.3) is 34.0 Å². The summed E-state index contributed by atoms with van der Waals surface area (Å²) in [7, 11) is 1.96. The van der Waals surface area contributed by atoms with E-state index in [1.54, 1.807) is 18.3 Å². The maximum atomic E-state index is 13.6. The van der Waals surface area contributed by atoms with Gasteiger partial charge < -0.3 is 9.09 Å². The average Bonchev–Trinajstić information content (AvgIpc) is 3.47. The molecular weight excluding hydrogens is 457 g/mol. The summed E-state index contributed by atoms with van der Waals surface area (Å²) in [5, 5.41) is 7.06. The van der Waals surface area contributed by atoms with Crippen molar-refractivity contribution in [2.75, 3.05) is 5.32 Å². The summed E-state index contributed by atoms with van der Waals surface area (Å²) in [5.74, 6) is -0.612. The Morgan fingerprint density at radius 2 is 1.78 bits per heavy atom. The van der Waals surface area contributed by atoms with E-state index in [4.69, 9.17) is 9.51 Å². The highest BCUT2D eigenvalue weighted by Gasteiger charge is 2.26. The SMILES string of the molecule is Cc1ccc(-c2ccnc(-c3c(-c4ccc(F)cc4)noc3NC(=O)C(C)c3ccccc3)n2)n1C. The molecule has 3 heterocycles. The lowest BCUT2D eigenvalue weighted by Gasteiger charge is -2.12. The third-order valence-corrected chi connectivity index (χ3v) is 6.25. The van der Waals surface area contributed by atoms with Gasteiger partial charge in [-0.2, -0.15) is 0 Å². The van der Waals surface area contributed by atoms with E-state index in [0.717, 1.165) is 17.0 Å². The molecule has 180 valence electrons. The lowest BCUT2D eigenvalue weighted by molar-refractivity contribution is -0.117. The maximum Gasteiger partial charge on any atom is 0.243 e. The first-order valence-corrected chi connectivity index (χ1v) is 11.5. The summed E-state index contributed by atoms with van der Waals surface area (Å²) in [6.45, 7) is 3.83. The van der Waals surface area contributed by atoms with Gasteiger partial charge >= 0.3 is 0 Å². The Morgan fingerprint density at radius 1 is 1.03 bits per heavy atom. The summed E-state index contributed by atoms with van der Waals surface area (Å²) >= 11 is 0.